The van der Waals surface area contributed by atoms with Crippen molar-refractivity contribution in [2.75, 3.05) is 0 Å². The van der Waals surface area contributed by atoms with Gasteiger partial charge in [-0.05, 0) is 38.7 Å². The van der Waals surface area contributed by atoms with Gasteiger partial charge in [0.1, 0.15) is 12.1 Å². The molecule has 0 unspecified atom stereocenters. The van der Waals surface area contributed by atoms with Crippen LogP contribution in [0.15, 0.2) is 84.9 Å². The molecule has 4 aromatic carbocycles. The number of hydrogen-bond acceptors (Lipinski definition) is 3. The van der Waals surface area contributed by atoms with Crippen LogP contribution in [0.5, 0.6) is 0 Å². The van der Waals surface area contributed by atoms with Crippen LogP contribution in [0.2, 0.25) is 0 Å². The Balaban J connectivity index is 1.65. The van der Waals surface area contributed by atoms with Crippen molar-refractivity contribution in [2.24, 2.45) is 5.73 Å². The molecule has 0 heterocycles. The zero-order valence-electron chi connectivity index (χ0n) is 19.0. The molecule has 0 aliphatic carbocycles. The first-order chi connectivity index (χ1) is 16.4. The molecule has 3 amide bonds. The summed E-state index contributed by atoms with van der Waals surface area (Å²) in [6.45, 7) is 1.36. The summed E-state index contributed by atoms with van der Waals surface area (Å²) in [7, 11) is 0. The molecular formula is C28H27N3O3. The molecule has 0 aliphatic heterocycles. The molecule has 0 radical (unpaired) electrons. The van der Waals surface area contributed by atoms with Crippen molar-refractivity contribution < 1.29 is 14.4 Å². The SMILES string of the molecule is CC(=O)N[C@@H](Cc1ccccc1)C(=O)N[C@@H](Cc1c2ccccc2cc2ccccc12)C(N)=O. The normalized spacial score (nSPS) is 12.7. The fourth-order valence-corrected chi connectivity index (χ4v) is 4.33. The second-order valence-corrected chi connectivity index (χ2v) is 8.41. The number of hydrogen-bond donors (Lipinski definition) is 3. The Labute approximate surface area is 198 Å². The molecule has 2 atom stereocenters. The summed E-state index contributed by atoms with van der Waals surface area (Å²) in [5, 5.41) is 9.59. The van der Waals surface area contributed by atoms with Crippen molar-refractivity contribution in [3.05, 3.63) is 96.1 Å². The molecular weight excluding hydrogens is 426 g/mol. The maximum atomic E-state index is 13.2. The molecule has 0 bridgehead atoms. The lowest BCUT2D eigenvalue weighted by Crippen LogP contribution is -2.54. The molecule has 4 aromatic rings. The van der Waals surface area contributed by atoms with Crippen molar-refractivity contribution >= 4 is 39.3 Å². The van der Waals surface area contributed by atoms with E-state index in [1.165, 1.54) is 6.92 Å². The van der Waals surface area contributed by atoms with E-state index in [-0.39, 0.29) is 12.3 Å². The summed E-state index contributed by atoms with van der Waals surface area (Å²) in [5.74, 6) is -1.41. The van der Waals surface area contributed by atoms with Crippen molar-refractivity contribution in [3.63, 3.8) is 0 Å². The largest absolute Gasteiger partial charge is 0.368 e. The highest BCUT2D eigenvalue weighted by atomic mass is 16.2. The number of fused-ring (bicyclic) bond motifs is 2. The third-order valence-electron chi connectivity index (χ3n) is 5.93. The van der Waals surface area contributed by atoms with Crippen LogP contribution < -0.4 is 16.4 Å². The van der Waals surface area contributed by atoms with Gasteiger partial charge in [-0.15, -0.1) is 0 Å². The lowest BCUT2D eigenvalue weighted by molar-refractivity contribution is -0.130. The van der Waals surface area contributed by atoms with Crippen LogP contribution in [0, 0.1) is 0 Å². The predicted molar refractivity (Wildman–Crippen MR) is 134 cm³/mol. The number of benzene rings is 4. The van der Waals surface area contributed by atoms with Crippen molar-refractivity contribution in [1.29, 1.82) is 0 Å². The number of primary amides is 1. The highest BCUT2D eigenvalue weighted by molar-refractivity contribution is 6.03. The van der Waals surface area contributed by atoms with Crippen molar-refractivity contribution in [3.8, 4) is 0 Å². The number of nitrogens with one attached hydrogen (secondary N) is 2. The fraction of sp³-hybridized carbons (Fsp3) is 0.179. The average molecular weight is 454 g/mol. The zero-order valence-corrected chi connectivity index (χ0v) is 19.0. The third kappa shape index (κ3) is 5.23. The van der Waals surface area contributed by atoms with Gasteiger partial charge in [-0.3, -0.25) is 14.4 Å². The van der Waals surface area contributed by atoms with Gasteiger partial charge in [0.2, 0.25) is 17.7 Å². The number of amides is 3. The Hall–Kier alpha value is -4.19. The maximum Gasteiger partial charge on any atom is 0.243 e. The van der Waals surface area contributed by atoms with Crippen LogP contribution in [-0.2, 0) is 27.2 Å². The van der Waals surface area contributed by atoms with E-state index in [2.05, 4.69) is 16.7 Å². The zero-order chi connectivity index (χ0) is 24.1. The molecule has 0 aliphatic rings. The van der Waals surface area contributed by atoms with Gasteiger partial charge in [0.15, 0.2) is 0 Å². The lowest BCUT2D eigenvalue weighted by Gasteiger charge is -2.23. The first-order valence-electron chi connectivity index (χ1n) is 11.2. The fourth-order valence-electron chi connectivity index (χ4n) is 4.33. The number of carbonyl (C=O) groups is 3. The highest BCUT2D eigenvalue weighted by Gasteiger charge is 2.26. The van der Waals surface area contributed by atoms with E-state index in [0.717, 1.165) is 32.7 Å². The quantitative estimate of drug-likeness (QED) is 0.357. The van der Waals surface area contributed by atoms with E-state index in [1.807, 2.05) is 78.9 Å². The minimum Gasteiger partial charge on any atom is -0.368 e. The van der Waals surface area contributed by atoms with Gasteiger partial charge in [0, 0.05) is 19.8 Å². The van der Waals surface area contributed by atoms with Gasteiger partial charge in [-0.2, -0.15) is 0 Å². The van der Waals surface area contributed by atoms with E-state index in [1.54, 1.807) is 0 Å². The standard InChI is InChI=1S/C28H27N3O3/c1-18(32)30-26(15-19-9-3-2-4-10-19)28(34)31-25(27(29)33)17-24-22-13-7-5-11-20(22)16-21-12-6-8-14-23(21)24/h2-14,16,25-26H,15,17H2,1H3,(H2,29,33)(H,30,32)(H,31,34)/t25-,26-/m0/s1. The van der Waals surface area contributed by atoms with E-state index in [4.69, 9.17) is 5.73 Å². The summed E-state index contributed by atoms with van der Waals surface area (Å²) < 4.78 is 0. The van der Waals surface area contributed by atoms with Gasteiger partial charge in [-0.1, -0.05) is 78.9 Å². The second kappa shape index (κ2) is 10.2. The van der Waals surface area contributed by atoms with Crippen LogP contribution >= 0.6 is 0 Å². The first-order valence-corrected chi connectivity index (χ1v) is 11.2. The minimum atomic E-state index is -0.936. The predicted octanol–water partition coefficient (Wildman–Crippen LogP) is 3.25. The lowest BCUT2D eigenvalue weighted by atomic mass is 9.92. The monoisotopic (exact) mass is 453 g/mol. The van der Waals surface area contributed by atoms with Crippen LogP contribution in [0.4, 0.5) is 0 Å². The van der Waals surface area contributed by atoms with Crippen LogP contribution in [-0.4, -0.2) is 29.8 Å². The Morgan fingerprint density at radius 3 is 1.85 bits per heavy atom. The Morgan fingerprint density at radius 2 is 1.29 bits per heavy atom. The van der Waals surface area contributed by atoms with Gasteiger partial charge < -0.3 is 16.4 Å². The molecule has 4 rings (SSSR count). The van der Waals surface area contributed by atoms with Crippen molar-refractivity contribution in [2.45, 2.75) is 31.8 Å². The van der Waals surface area contributed by atoms with Crippen LogP contribution in [0.1, 0.15) is 18.1 Å². The molecule has 0 fully saturated rings. The minimum absolute atomic E-state index is 0.237. The Bertz CT molecular complexity index is 1300. The molecule has 6 heteroatoms. The summed E-state index contributed by atoms with van der Waals surface area (Å²) in [4.78, 5) is 37.4. The van der Waals surface area contributed by atoms with Gasteiger partial charge in [0.25, 0.3) is 0 Å². The van der Waals surface area contributed by atoms with E-state index >= 15 is 0 Å². The molecule has 0 saturated heterocycles. The summed E-state index contributed by atoms with van der Waals surface area (Å²) in [6.07, 6.45) is 0.538. The Morgan fingerprint density at radius 1 is 0.735 bits per heavy atom. The molecule has 172 valence electrons. The van der Waals surface area contributed by atoms with Gasteiger partial charge in [0.05, 0.1) is 0 Å². The number of carbonyl (C=O) groups excluding carboxylic acids is 3. The van der Waals surface area contributed by atoms with E-state index in [9.17, 15) is 14.4 Å². The number of rotatable bonds is 8. The molecule has 0 spiro atoms. The topological polar surface area (TPSA) is 101 Å². The average Bonchev–Trinajstić information content (AvgIpc) is 2.83. The summed E-state index contributed by atoms with van der Waals surface area (Å²) in [6, 6.07) is 25.6. The van der Waals surface area contributed by atoms with Crippen molar-refractivity contribution in [1.82, 2.24) is 10.6 Å². The third-order valence-corrected chi connectivity index (χ3v) is 5.93. The first kappa shape index (κ1) is 23.0. The highest BCUT2D eigenvalue weighted by Crippen LogP contribution is 2.29. The molecule has 0 saturated carbocycles. The smallest absolute Gasteiger partial charge is 0.243 e. The van der Waals surface area contributed by atoms with E-state index < -0.39 is 23.9 Å². The summed E-state index contributed by atoms with van der Waals surface area (Å²) in [5.41, 5.74) is 7.57. The van der Waals surface area contributed by atoms with Crippen LogP contribution in [0.25, 0.3) is 21.5 Å². The van der Waals surface area contributed by atoms with E-state index in [0.29, 0.717) is 6.42 Å². The maximum absolute atomic E-state index is 13.2. The van der Waals surface area contributed by atoms with Gasteiger partial charge in [-0.25, -0.2) is 0 Å². The molecule has 4 N–H and O–H groups in total. The van der Waals surface area contributed by atoms with Gasteiger partial charge >= 0.3 is 0 Å². The Kier molecular flexibility index (Phi) is 6.87. The second-order valence-electron chi connectivity index (χ2n) is 8.41. The molecule has 6 nitrogen and oxygen atoms in total. The number of nitrogens with two attached hydrogens (primary N) is 1. The summed E-state index contributed by atoms with van der Waals surface area (Å²) >= 11 is 0. The molecule has 34 heavy (non-hydrogen) atoms. The molecule has 0 aromatic heterocycles. The van der Waals surface area contributed by atoms with Crippen LogP contribution in [0.3, 0.4) is 0 Å².